The number of carbonyl (C=O) groups excluding carboxylic acids is 1. The van der Waals surface area contributed by atoms with Crippen LogP contribution in [0.15, 0.2) is 0 Å². The molecule has 11 heteroatoms. The van der Waals surface area contributed by atoms with Crippen LogP contribution in [0, 0.1) is 0 Å². The molecule has 0 radical (unpaired) electrons. The Morgan fingerprint density at radius 3 is 2.13 bits per heavy atom. The highest BCUT2D eigenvalue weighted by atomic mass is 16.7. The first-order valence-corrected chi connectivity index (χ1v) is 6.84. The Labute approximate surface area is 130 Å². The molecule has 1 rings (SSSR count). The van der Waals surface area contributed by atoms with Gasteiger partial charge in [0.05, 0.1) is 13.2 Å². The summed E-state index contributed by atoms with van der Waals surface area (Å²) < 4.78 is 10.0. The molecule has 1 heterocycles. The molecule has 9 atom stereocenters. The van der Waals surface area contributed by atoms with Crippen LogP contribution < -0.4 is 0 Å². The van der Waals surface area contributed by atoms with Gasteiger partial charge in [0.1, 0.15) is 48.8 Å². The lowest BCUT2D eigenvalue weighted by atomic mass is 9.98. The first-order valence-electron chi connectivity index (χ1n) is 6.84. The Morgan fingerprint density at radius 1 is 1.04 bits per heavy atom. The standard InChI is InChI=1S/C12H22O11/c13-1-4(16)7(18)11(5(17)2-14)23-12-10(21)9(20)8(19)6(3-15)22-12/h2,4-13,15-21H,1,3H2/t4-,5+,6-,7+,8-,9+,10-,11-,12?/m1/s1. The van der Waals surface area contributed by atoms with Crippen LogP contribution in [0.1, 0.15) is 0 Å². The van der Waals surface area contributed by atoms with Crippen molar-refractivity contribution in [3.63, 3.8) is 0 Å². The maximum absolute atomic E-state index is 10.7. The van der Waals surface area contributed by atoms with Crippen LogP contribution in [0.2, 0.25) is 0 Å². The third-order valence-corrected chi connectivity index (χ3v) is 3.53. The largest absolute Gasteiger partial charge is 0.394 e. The Hall–Kier alpha value is -0.730. The van der Waals surface area contributed by atoms with E-state index in [0.717, 1.165) is 0 Å². The van der Waals surface area contributed by atoms with E-state index in [4.69, 9.17) is 19.7 Å². The molecule has 0 amide bonds. The van der Waals surface area contributed by atoms with Gasteiger partial charge in [-0.3, -0.25) is 0 Å². The van der Waals surface area contributed by atoms with E-state index in [9.17, 15) is 35.4 Å². The van der Waals surface area contributed by atoms with Gasteiger partial charge in [0.15, 0.2) is 12.6 Å². The normalized spacial score (nSPS) is 37.0. The van der Waals surface area contributed by atoms with Crippen LogP contribution in [0.3, 0.4) is 0 Å². The van der Waals surface area contributed by atoms with Gasteiger partial charge in [-0.2, -0.15) is 0 Å². The monoisotopic (exact) mass is 342 g/mol. The first kappa shape index (κ1) is 20.3. The van der Waals surface area contributed by atoms with Crippen molar-refractivity contribution in [3.05, 3.63) is 0 Å². The maximum atomic E-state index is 10.7. The third-order valence-electron chi connectivity index (χ3n) is 3.53. The summed E-state index contributed by atoms with van der Waals surface area (Å²) in [6.45, 7) is -1.63. The molecule has 0 aromatic rings. The average molecular weight is 342 g/mol. The smallest absolute Gasteiger partial charge is 0.187 e. The molecule has 8 N–H and O–H groups in total. The fourth-order valence-electron chi connectivity index (χ4n) is 2.10. The zero-order valence-electron chi connectivity index (χ0n) is 12.0. The number of aliphatic hydroxyl groups is 8. The Balaban J connectivity index is 2.91. The van der Waals surface area contributed by atoms with Crippen LogP contribution in [0.5, 0.6) is 0 Å². The van der Waals surface area contributed by atoms with Crippen molar-refractivity contribution in [1.82, 2.24) is 0 Å². The van der Waals surface area contributed by atoms with Crippen LogP contribution in [0.25, 0.3) is 0 Å². The number of aldehydes is 1. The van der Waals surface area contributed by atoms with Gasteiger partial charge in [0.25, 0.3) is 0 Å². The van der Waals surface area contributed by atoms with Crippen LogP contribution in [-0.2, 0) is 14.3 Å². The van der Waals surface area contributed by atoms with E-state index in [1.807, 2.05) is 0 Å². The highest BCUT2D eigenvalue weighted by molar-refractivity contribution is 5.56. The molecular weight excluding hydrogens is 320 g/mol. The predicted octanol–water partition coefficient (Wildman–Crippen LogP) is -5.55. The molecule has 1 saturated heterocycles. The SMILES string of the molecule is O=C[C@H](O)[C@@H](OC1O[C@H](CO)[C@@H](O)[C@H](O)[C@H]1O)[C@@H](O)[C@H](O)CO. The minimum atomic E-state index is -1.95. The molecule has 0 bridgehead atoms. The van der Waals surface area contributed by atoms with Crippen molar-refractivity contribution in [2.75, 3.05) is 13.2 Å². The van der Waals surface area contributed by atoms with Gasteiger partial charge < -0.3 is 55.1 Å². The van der Waals surface area contributed by atoms with E-state index >= 15 is 0 Å². The van der Waals surface area contributed by atoms with E-state index in [1.54, 1.807) is 0 Å². The molecule has 0 spiro atoms. The molecule has 0 saturated carbocycles. The summed E-state index contributed by atoms with van der Waals surface area (Å²) >= 11 is 0. The summed E-state index contributed by atoms with van der Waals surface area (Å²) in [7, 11) is 0. The second-order valence-electron chi connectivity index (χ2n) is 5.17. The van der Waals surface area contributed by atoms with E-state index in [-0.39, 0.29) is 6.29 Å². The van der Waals surface area contributed by atoms with Crippen molar-refractivity contribution in [3.8, 4) is 0 Å². The molecule has 1 aliphatic heterocycles. The first-order chi connectivity index (χ1) is 10.8. The lowest BCUT2D eigenvalue weighted by Gasteiger charge is -2.41. The lowest BCUT2D eigenvalue weighted by Crippen LogP contribution is -2.61. The molecule has 0 aromatic heterocycles. The van der Waals surface area contributed by atoms with Gasteiger partial charge in [-0.1, -0.05) is 0 Å². The average Bonchev–Trinajstić information content (AvgIpc) is 2.57. The molecule has 1 unspecified atom stereocenters. The summed E-state index contributed by atoms with van der Waals surface area (Å²) in [4.78, 5) is 10.7. The maximum Gasteiger partial charge on any atom is 0.187 e. The zero-order chi connectivity index (χ0) is 17.7. The number of hydrogen-bond donors (Lipinski definition) is 8. The second kappa shape index (κ2) is 8.94. The Morgan fingerprint density at radius 2 is 1.65 bits per heavy atom. The highest BCUT2D eigenvalue weighted by Gasteiger charge is 2.46. The topological polar surface area (TPSA) is 197 Å². The molecule has 1 aliphatic rings. The molecule has 23 heavy (non-hydrogen) atoms. The minimum absolute atomic E-state index is 0.0119. The fourth-order valence-corrected chi connectivity index (χ4v) is 2.10. The summed E-state index contributed by atoms with van der Waals surface area (Å²) in [5.74, 6) is 0. The molecule has 11 nitrogen and oxygen atoms in total. The molecule has 136 valence electrons. The van der Waals surface area contributed by atoms with Crippen molar-refractivity contribution < 1.29 is 55.1 Å². The van der Waals surface area contributed by atoms with Crippen LogP contribution in [-0.4, -0.2) is 115 Å². The number of ether oxygens (including phenoxy) is 2. The summed E-state index contributed by atoms with van der Waals surface area (Å²) in [5.41, 5.74) is 0. The van der Waals surface area contributed by atoms with Gasteiger partial charge in [0.2, 0.25) is 0 Å². The van der Waals surface area contributed by atoms with Gasteiger partial charge >= 0.3 is 0 Å². The fraction of sp³-hybridized carbons (Fsp3) is 0.917. The minimum Gasteiger partial charge on any atom is -0.394 e. The van der Waals surface area contributed by atoms with E-state index in [1.165, 1.54) is 0 Å². The second-order valence-corrected chi connectivity index (χ2v) is 5.17. The van der Waals surface area contributed by atoms with Gasteiger partial charge in [0, 0.05) is 0 Å². The quantitative estimate of drug-likeness (QED) is 0.196. The van der Waals surface area contributed by atoms with Crippen molar-refractivity contribution in [2.45, 2.75) is 55.1 Å². The van der Waals surface area contributed by atoms with Crippen molar-refractivity contribution >= 4 is 6.29 Å². The number of hydrogen-bond acceptors (Lipinski definition) is 11. The summed E-state index contributed by atoms with van der Waals surface area (Å²) in [5, 5.41) is 75.6. The Bertz CT molecular complexity index is 365. The zero-order valence-corrected chi connectivity index (χ0v) is 12.0. The van der Waals surface area contributed by atoms with Crippen LogP contribution >= 0.6 is 0 Å². The van der Waals surface area contributed by atoms with Gasteiger partial charge in [-0.15, -0.1) is 0 Å². The number of aliphatic hydroxyl groups excluding tert-OH is 8. The highest BCUT2D eigenvalue weighted by Crippen LogP contribution is 2.24. The van der Waals surface area contributed by atoms with E-state index in [2.05, 4.69) is 0 Å². The molecule has 0 aliphatic carbocycles. The number of rotatable bonds is 8. The predicted molar refractivity (Wildman–Crippen MR) is 69.8 cm³/mol. The van der Waals surface area contributed by atoms with Crippen molar-refractivity contribution in [1.29, 1.82) is 0 Å². The van der Waals surface area contributed by atoms with Crippen LogP contribution in [0.4, 0.5) is 0 Å². The van der Waals surface area contributed by atoms with Gasteiger partial charge in [-0.25, -0.2) is 0 Å². The molecule has 0 aromatic carbocycles. The molecule has 1 fully saturated rings. The third kappa shape index (κ3) is 4.64. The Kier molecular flexibility index (Phi) is 7.89. The summed E-state index contributed by atoms with van der Waals surface area (Å²) in [6.07, 6.45) is -15.7. The lowest BCUT2D eigenvalue weighted by molar-refractivity contribution is -0.324. The summed E-state index contributed by atoms with van der Waals surface area (Å²) in [6, 6.07) is 0. The van der Waals surface area contributed by atoms with E-state index in [0.29, 0.717) is 0 Å². The molecular formula is C12H22O11. The van der Waals surface area contributed by atoms with E-state index < -0.39 is 68.3 Å². The van der Waals surface area contributed by atoms with Gasteiger partial charge in [-0.05, 0) is 0 Å². The number of carbonyl (C=O) groups is 1. The van der Waals surface area contributed by atoms with Crippen molar-refractivity contribution in [2.24, 2.45) is 0 Å².